The quantitative estimate of drug-likeness (QED) is 0.658. The first kappa shape index (κ1) is 9.64. The van der Waals surface area contributed by atoms with Gasteiger partial charge in [-0.15, -0.1) is 0 Å². The molecule has 1 aromatic carbocycles. The van der Waals surface area contributed by atoms with E-state index in [1.54, 1.807) is 31.2 Å². The Balaban J connectivity index is 2.45. The molecule has 1 aliphatic heterocycles. The molecular weight excluding hydrogens is 201 g/mol. The molecule has 0 aliphatic carbocycles. The van der Waals surface area contributed by atoms with Gasteiger partial charge in [0, 0.05) is 10.1 Å². The molecule has 1 aliphatic rings. The zero-order chi connectivity index (χ0) is 11.0. The first-order valence-electron chi connectivity index (χ1n) is 4.42. The van der Waals surface area contributed by atoms with Crippen molar-refractivity contribution in [2.24, 2.45) is 0 Å². The van der Waals surface area contributed by atoms with Gasteiger partial charge in [0.05, 0.1) is 6.04 Å². The minimum atomic E-state index is -1.27. The number of rotatable bonds is 0. The molecule has 0 saturated heterocycles. The molecule has 1 unspecified atom stereocenters. The molecule has 1 heterocycles. The van der Waals surface area contributed by atoms with E-state index in [1.165, 1.54) is 0 Å². The zero-order valence-corrected chi connectivity index (χ0v) is 7.94. The van der Waals surface area contributed by atoms with Gasteiger partial charge in [0.15, 0.2) is 0 Å². The molecule has 0 aromatic heterocycles. The number of imide groups is 1. The summed E-state index contributed by atoms with van der Waals surface area (Å²) in [6.45, 7) is 1.64. The van der Waals surface area contributed by atoms with Gasteiger partial charge in [-0.05, 0) is 18.6 Å². The molecule has 1 aromatic rings. The minimum absolute atomic E-state index is 0.412. The highest BCUT2D eigenvalue weighted by Crippen LogP contribution is 2.33. The maximum absolute atomic E-state index is 11.8. The fourth-order valence-electron chi connectivity index (χ4n) is 1.78. The number of carbonyl (C=O) groups excluding carboxylic acids is 2. The normalized spacial score (nSPS) is 18.9. The standard InChI is InChI=1S/C10H8FNO3/c1-6-7-4-2-3-5-8(7)9(13)12(6)10(14)15-11/h2-6H,1H3. The Bertz CT molecular complexity index is 432. The molecule has 15 heavy (non-hydrogen) atoms. The largest absolute Gasteiger partial charge is 0.454 e. The predicted octanol–water partition coefficient (Wildman–Crippen LogP) is 2.22. The van der Waals surface area contributed by atoms with E-state index in [-0.39, 0.29) is 0 Å². The summed E-state index contributed by atoms with van der Waals surface area (Å²) in [6, 6.07) is 6.28. The summed E-state index contributed by atoms with van der Waals surface area (Å²) in [6.07, 6.45) is -1.27. The molecular formula is C10H8FNO3. The number of fused-ring (bicyclic) bond motifs is 1. The Morgan fingerprint density at radius 2 is 2.13 bits per heavy atom. The van der Waals surface area contributed by atoms with Crippen molar-refractivity contribution in [1.82, 2.24) is 4.90 Å². The minimum Gasteiger partial charge on any atom is -0.268 e. The van der Waals surface area contributed by atoms with Crippen LogP contribution < -0.4 is 0 Å². The van der Waals surface area contributed by atoms with Crippen LogP contribution in [0.25, 0.3) is 0 Å². The first-order chi connectivity index (χ1) is 7.16. The zero-order valence-electron chi connectivity index (χ0n) is 7.94. The van der Waals surface area contributed by atoms with E-state index >= 15 is 0 Å². The van der Waals surface area contributed by atoms with Crippen LogP contribution in [0, 0.1) is 0 Å². The molecule has 1 atom stereocenters. The van der Waals surface area contributed by atoms with Crippen LogP contribution in [0.3, 0.4) is 0 Å². The lowest BCUT2D eigenvalue weighted by molar-refractivity contribution is -0.0781. The summed E-state index contributed by atoms with van der Waals surface area (Å²) >= 11 is 0. The van der Waals surface area contributed by atoms with E-state index in [0.717, 1.165) is 4.90 Å². The third kappa shape index (κ3) is 1.27. The molecule has 0 radical (unpaired) electrons. The highest BCUT2D eigenvalue weighted by molar-refractivity contribution is 6.07. The van der Waals surface area contributed by atoms with Crippen LogP contribution in [-0.4, -0.2) is 16.9 Å². The number of hydrogen-bond donors (Lipinski definition) is 0. The maximum atomic E-state index is 11.8. The SMILES string of the molecule is CC1c2ccccc2C(=O)N1C(=O)OF. The number of carbonyl (C=O) groups is 2. The van der Waals surface area contributed by atoms with E-state index < -0.39 is 18.0 Å². The molecule has 4 nitrogen and oxygen atoms in total. The van der Waals surface area contributed by atoms with Crippen molar-refractivity contribution < 1.29 is 19.1 Å². The summed E-state index contributed by atoms with van der Waals surface area (Å²) < 4.78 is 11.8. The van der Waals surface area contributed by atoms with E-state index in [4.69, 9.17) is 0 Å². The van der Waals surface area contributed by atoms with Crippen molar-refractivity contribution in [3.63, 3.8) is 0 Å². The van der Waals surface area contributed by atoms with Crippen molar-refractivity contribution in [3.8, 4) is 0 Å². The van der Waals surface area contributed by atoms with Gasteiger partial charge in [-0.1, -0.05) is 18.2 Å². The van der Waals surface area contributed by atoms with Crippen molar-refractivity contribution in [2.45, 2.75) is 13.0 Å². The molecule has 0 saturated carbocycles. The van der Waals surface area contributed by atoms with E-state index in [2.05, 4.69) is 4.94 Å². The van der Waals surface area contributed by atoms with Crippen molar-refractivity contribution in [2.75, 3.05) is 0 Å². The molecule has 2 amide bonds. The van der Waals surface area contributed by atoms with Crippen LogP contribution in [0.15, 0.2) is 24.3 Å². The van der Waals surface area contributed by atoms with E-state index in [1.807, 2.05) is 0 Å². The van der Waals surface area contributed by atoms with Gasteiger partial charge < -0.3 is 0 Å². The van der Waals surface area contributed by atoms with E-state index in [0.29, 0.717) is 11.1 Å². The van der Waals surface area contributed by atoms with Crippen molar-refractivity contribution >= 4 is 12.0 Å². The van der Waals surface area contributed by atoms with Gasteiger partial charge in [-0.25, -0.2) is 14.6 Å². The highest BCUT2D eigenvalue weighted by Gasteiger charge is 2.39. The maximum Gasteiger partial charge on any atom is 0.454 e. The number of benzene rings is 1. The molecule has 5 heteroatoms. The summed E-state index contributed by atoms with van der Waals surface area (Å²) in [5, 5.41) is 0. The van der Waals surface area contributed by atoms with Crippen LogP contribution in [0.4, 0.5) is 9.32 Å². The van der Waals surface area contributed by atoms with Gasteiger partial charge >= 0.3 is 6.09 Å². The third-order valence-corrected chi connectivity index (χ3v) is 2.51. The molecule has 2 rings (SSSR count). The van der Waals surface area contributed by atoms with Gasteiger partial charge in [-0.2, -0.15) is 0 Å². The van der Waals surface area contributed by atoms with Crippen LogP contribution in [0.2, 0.25) is 0 Å². The average molecular weight is 209 g/mol. The Morgan fingerprint density at radius 1 is 1.47 bits per heavy atom. The second kappa shape index (κ2) is 3.34. The van der Waals surface area contributed by atoms with Crippen LogP contribution in [0.5, 0.6) is 0 Å². The Hall–Kier alpha value is -1.91. The second-order valence-corrected chi connectivity index (χ2v) is 3.28. The fraction of sp³-hybridized carbons (Fsp3) is 0.200. The van der Waals surface area contributed by atoms with Crippen LogP contribution in [-0.2, 0) is 4.94 Å². The molecule has 0 bridgehead atoms. The Morgan fingerprint density at radius 3 is 2.73 bits per heavy atom. The van der Waals surface area contributed by atoms with E-state index in [9.17, 15) is 14.1 Å². The number of nitrogens with zero attached hydrogens (tertiary/aromatic N) is 1. The molecule has 0 spiro atoms. The van der Waals surface area contributed by atoms with Gasteiger partial charge in [0.2, 0.25) is 0 Å². The average Bonchev–Trinajstić information content (AvgIpc) is 2.52. The van der Waals surface area contributed by atoms with Gasteiger partial charge in [0.25, 0.3) is 5.91 Å². The smallest absolute Gasteiger partial charge is 0.268 e. The van der Waals surface area contributed by atoms with Gasteiger partial charge in [0.1, 0.15) is 0 Å². The van der Waals surface area contributed by atoms with Crippen molar-refractivity contribution in [1.29, 1.82) is 0 Å². The fourth-order valence-corrected chi connectivity index (χ4v) is 1.78. The third-order valence-electron chi connectivity index (χ3n) is 2.51. The monoisotopic (exact) mass is 209 g/mol. The first-order valence-corrected chi connectivity index (χ1v) is 4.42. The van der Waals surface area contributed by atoms with Gasteiger partial charge in [-0.3, -0.25) is 4.79 Å². The summed E-state index contributed by atoms with van der Waals surface area (Å²) in [4.78, 5) is 26.5. The summed E-state index contributed by atoms with van der Waals surface area (Å²) in [5.74, 6) is -0.527. The second-order valence-electron chi connectivity index (χ2n) is 3.28. The lowest BCUT2D eigenvalue weighted by atomic mass is 10.1. The molecule has 0 N–H and O–H groups in total. The Labute approximate surface area is 85.1 Å². The molecule has 78 valence electrons. The Kier molecular flexibility index (Phi) is 2.15. The summed E-state index contributed by atoms with van der Waals surface area (Å²) in [5.41, 5.74) is 1.11. The molecule has 0 fully saturated rings. The highest BCUT2D eigenvalue weighted by atomic mass is 19.3. The number of halogens is 1. The topological polar surface area (TPSA) is 46.6 Å². The van der Waals surface area contributed by atoms with Crippen LogP contribution in [0.1, 0.15) is 28.9 Å². The predicted molar refractivity (Wildman–Crippen MR) is 48.6 cm³/mol. The summed E-state index contributed by atoms with van der Waals surface area (Å²) in [7, 11) is 0. The lowest BCUT2D eigenvalue weighted by Gasteiger charge is -2.15. The number of amides is 2. The number of hydrogen-bond acceptors (Lipinski definition) is 3. The lowest BCUT2D eigenvalue weighted by Crippen LogP contribution is -2.32. The van der Waals surface area contributed by atoms with Crippen LogP contribution >= 0.6 is 0 Å². The van der Waals surface area contributed by atoms with Crippen molar-refractivity contribution in [3.05, 3.63) is 35.4 Å².